The molecule has 1 aromatic heterocycles. The smallest absolute Gasteiger partial charge is 0.0945 e. The topological polar surface area (TPSA) is 17.8 Å². The summed E-state index contributed by atoms with van der Waals surface area (Å²) in [6.07, 6.45) is 17.5. The van der Waals surface area contributed by atoms with Crippen LogP contribution in [0.2, 0.25) is 6.32 Å². The Kier molecular flexibility index (Phi) is 12.4. The molecule has 3 heteroatoms. The molecule has 0 saturated heterocycles. The molecule has 0 atom stereocenters. The van der Waals surface area contributed by atoms with Crippen molar-refractivity contribution in [2.75, 3.05) is 0 Å². The van der Waals surface area contributed by atoms with E-state index in [1.807, 2.05) is 30.9 Å². The summed E-state index contributed by atoms with van der Waals surface area (Å²) in [6, 6.07) is 20.8. The van der Waals surface area contributed by atoms with Gasteiger partial charge in [-0.3, -0.25) is 0 Å². The Balaban J connectivity index is 0.000000214. The number of rotatable bonds is 12. The van der Waals surface area contributed by atoms with E-state index in [9.17, 15) is 0 Å². The second-order valence-corrected chi connectivity index (χ2v) is 7.89. The normalized spacial score (nSPS) is 10.6. The monoisotopic (exact) mass is 400 g/mol. The standard InChI is InChI=1S/C14H13B.C13H24N2/c15-11-14(12-7-3-1-4-8-12)13-9-5-2-6-10-13;1-2-3-4-5-6-7-8-9-11-15-12-10-14-13-15/h1-10,14H,11H2;10,12-13H,2-9,11H2,1H3. The maximum atomic E-state index is 5.84. The molecule has 0 aliphatic heterocycles. The van der Waals surface area contributed by atoms with Crippen LogP contribution in [0.15, 0.2) is 79.4 Å². The number of imidazole rings is 1. The van der Waals surface area contributed by atoms with Crippen LogP contribution in [0.4, 0.5) is 0 Å². The molecule has 0 fully saturated rings. The Morgan fingerprint density at radius 1 is 0.767 bits per heavy atom. The number of nitrogens with zero attached hydrogens (tertiary/aromatic N) is 2. The Bertz CT molecular complexity index is 702. The second-order valence-electron chi connectivity index (χ2n) is 7.89. The van der Waals surface area contributed by atoms with E-state index in [1.165, 1.54) is 62.5 Å². The molecule has 0 unspecified atom stereocenters. The van der Waals surface area contributed by atoms with Gasteiger partial charge in [-0.25, -0.2) is 4.98 Å². The van der Waals surface area contributed by atoms with Gasteiger partial charge >= 0.3 is 0 Å². The summed E-state index contributed by atoms with van der Waals surface area (Å²) in [5, 5.41) is 0. The van der Waals surface area contributed by atoms with Gasteiger partial charge in [-0.2, -0.15) is 0 Å². The lowest BCUT2D eigenvalue weighted by Gasteiger charge is -2.15. The van der Waals surface area contributed by atoms with Crippen molar-refractivity contribution in [2.24, 2.45) is 0 Å². The van der Waals surface area contributed by atoms with Gasteiger partial charge in [0.1, 0.15) is 0 Å². The minimum absolute atomic E-state index is 0.312. The average Bonchev–Trinajstić information content (AvgIpc) is 3.32. The molecule has 3 rings (SSSR count). The van der Waals surface area contributed by atoms with Gasteiger partial charge in [-0.15, -0.1) is 0 Å². The van der Waals surface area contributed by atoms with Crippen LogP contribution >= 0.6 is 0 Å². The largest absolute Gasteiger partial charge is 0.337 e. The fourth-order valence-corrected chi connectivity index (χ4v) is 3.68. The molecule has 2 radical (unpaired) electrons. The third kappa shape index (κ3) is 9.48. The van der Waals surface area contributed by atoms with Crippen LogP contribution in [0.3, 0.4) is 0 Å². The van der Waals surface area contributed by atoms with E-state index in [2.05, 4.69) is 65.0 Å². The number of aromatic nitrogens is 2. The number of benzene rings is 2. The molecule has 0 amide bonds. The lowest BCUT2D eigenvalue weighted by atomic mass is 9.81. The SMILES string of the molecule is CCCCCCCCCCn1ccnc1.[B]CC(c1ccccc1)c1ccccc1. The molecular formula is C27H37BN2. The molecule has 0 aliphatic rings. The third-order valence-corrected chi connectivity index (χ3v) is 5.47. The average molecular weight is 400 g/mol. The predicted molar refractivity (Wildman–Crippen MR) is 130 cm³/mol. The molecule has 0 N–H and O–H groups in total. The van der Waals surface area contributed by atoms with Gasteiger partial charge in [0.25, 0.3) is 0 Å². The van der Waals surface area contributed by atoms with E-state index >= 15 is 0 Å². The second kappa shape index (κ2) is 15.5. The number of aryl methyl sites for hydroxylation is 1. The zero-order chi connectivity index (χ0) is 21.3. The van der Waals surface area contributed by atoms with E-state index in [4.69, 9.17) is 7.85 Å². The lowest BCUT2D eigenvalue weighted by molar-refractivity contribution is 0.543. The van der Waals surface area contributed by atoms with Gasteiger partial charge in [0.15, 0.2) is 0 Å². The van der Waals surface area contributed by atoms with Gasteiger partial charge in [-0.05, 0) is 17.5 Å². The Morgan fingerprint density at radius 3 is 1.77 bits per heavy atom. The molecule has 3 aromatic rings. The van der Waals surface area contributed by atoms with Crippen LogP contribution in [0.25, 0.3) is 0 Å². The first-order valence-corrected chi connectivity index (χ1v) is 11.6. The van der Waals surface area contributed by atoms with Crippen molar-refractivity contribution in [1.82, 2.24) is 9.55 Å². The van der Waals surface area contributed by atoms with Crippen molar-refractivity contribution in [3.63, 3.8) is 0 Å². The highest BCUT2D eigenvalue weighted by molar-refractivity contribution is 6.09. The van der Waals surface area contributed by atoms with Crippen molar-refractivity contribution >= 4 is 7.85 Å². The first-order valence-electron chi connectivity index (χ1n) is 11.6. The molecule has 0 bridgehead atoms. The van der Waals surface area contributed by atoms with Crippen molar-refractivity contribution < 1.29 is 0 Å². The molecule has 0 spiro atoms. The fourth-order valence-electron chi connectivity index (χ4n) is 3.68. The van der Waals surface area contributed by atoms with Gasteiger partial charge < -0.3 is 4.57 Å². The quantitative estimate of drug-likeness (QED) is 0.228. The lowest BCUT2D eigenvalue weighted by Crippen LogP contribution is -1.99. The Morgan fingerprint density at radius 2 is 1.30 bits per heavy atom. The fraction of sp³-hybridized carbons (Fsp3) is 0.444. The molecule has 30 heavy (non-hydrogen) atoms. The minimum Gasteiger partial charge on any atom is -0.337 e. The predicted octanol–water partition coefficient (Wildman–Crippen LogP) is 7.43. The maximum absolute atomic E-state index is 5.84. The van der Waals surface area contributed by atoms with E-state index in [0.717, 1.165) is 6.54 Å². The van der Waals surface area contributed by atoms with E-state index < -0.39 is 0 Å². The summed E-state index contributed by atoms with van der Waals surface area (Å²) in [5.74, 6) is 0.312. The summed E-state index contributed by atoms with van der Waals surface area (Å²) in [7, 11) is 5.84. The summed E-state index contributed by atoms with van der Waals surface area (Å²) in [4.78, 5) is 4.03. The molecule has 158 valence electrons. The summed E-state index contributed by atoms with van der Waals surface area (Å²) < 4.78 is 2.16. The van der Waals surface area contributed by atoms with Crippen LogP contribution in [-0.2, 0) is 6.54 Å². The van der Waals surface area contributed by atoms with Crippen LogP contribution in [0, 0.1) is 0 Å². The van der Waals surface area contributed by atoms with Crippen molar-refractivity contribution in [2.45, 2.75) is 77.1 Å². The zero-order valence-electron chi connectivity index (χ0n) is 18.6. The Labute approximate surface area is 185 Å². The highest BCUT2D eigenvalue weighted by Crippen LogP contribution is 2.26. The maximum Gasteiger partial charge on any atom is 0.0945 e. The van der Waals surface area contributed by atoms with Crippen LogP contribution in [-0.4, -0.2) is 17.4 Å². The third-order valence-electron chi connectivity index (χ3n) is 5.47. The first kappa shape index (κ1) is 24.0. The zero-order valence-corrected chi connectivity index (χ0v) is 18.6. The molecule has 2 aromatic carbocycles. The van der Waals surface area contributed by atoms with E-state index in [1.54, 1.807) is 0 Å². The van der Waals surface area contributed by atoms with E-state index in [0.29, 0.717) is 12.2 Å². The number of unbranched alkanes of at least 4 members (excludes halogenated alkanes) is 7. The van der Waals surface area contributed by atoms with Crippen LogP contribution in [0.5, 0.6) is 0 Å². The van der Waals surface area contributed by atoms with E-state index in [-0.39, 0.29) is 0 Å². The van der Waals surface area contributed by atoms with Crippen molar-refractivity contribution in [3.8, 4) is 0 Å². The Hall–Kier alpha value is -2.29. The molecule has 0 saturated carbocycles. The highest BCUT2D eigenvalue weighted by atomic mass is 15.0. The molecular weight excluding hydrogens is 363 g/mol. The van der Waals surface area contributed by atoms with Crippen LogP contribution in [0.1, 0.15) is 75.3 Å². The molecule has 2 nitrogen and oxygen atoms in total. The summed E-state index contributed by atoms with van der Waals surface area (Å²) in [5.41, 5.74) is 2.57. The molecule has 1 heterocycles. The number of hydrogen-bond acceptors (Lipinski definition) is 1. The summed E-state index contributed by atoms with van der Waals surface area (Å²) in [6.45, 7) is 3.40. The van der Waals surface area contributed by atoms with Crippen LogP contribution < -0.4 is 0 Å². The number of hydrogen-bond donors (Lipinski definition) is 0. The van der Waals surface area contributed by atoms with Crippen molar-refractivity contribution in [1.29, 1.82) is 0 Å². The summed E-state index contributed by atoms with van der Waals surface area (Å²) >= 11 is 0. The van der Waals surface area contributed by atoms with Gasteiger partial charge in [-0.1, -0.05) is 119 Å². The van der Waals surface area contributed by atoms with Gasteiger partial charge in [0.2, 0.25) is 0 Å². The first-order chi connectivity index (χ1) is 14.8. The van der Waals surface area contributed by atoms with Crippen molar-refractivity contribution in [3.05, 3.63) is 90.5 Å². The van der Waals surface area contributed by atoms with Gasteiger partial charge in [0, 0.05) is 24.9 Å². The minimum atomic E-state index is 0.312. The van der Waals surface area contributed by atoms with Gasteiger partial charge in [0.05, 0.1) is 14.2 Å². The molecule has 0 aliphatic carbocycles. The highest BCUT2D eigenvalue weighted by Gasteiger charge is 2.09.